The number of ketones is 1. The zero-order valence-electron chi connectivity index (χ0n) is 23.0. The highest BCUT2D eigenvalue weighted by Gasteiger charge is 2.38. The lowest BCUT2D eigenvalue weighted by molar-refractivity contribution is -0.149. The van der Waals surface area contributed by atoms with Crippen LogP contribution in [0.15, 0.2) is 12.1 Å². The summed E-state index contributed by atoms with van der Waals surface area (Å²) in [6, 6.07) is 4.10. The SMILES string of the molecule is CCCCCCCCCCCCOC(=O)C(C(=O)c1c(C)cc(C)cc1C)C1CCCCC1.O=[PH3]. The van der Waals surface area contributed by atoms with Crippen LogP contribution >= 0.6 is 9.12 Å². The summed E-state index contributed by atoms with van der Waals surface area (Å²) in [6.45, 7) is 8.72. The highest BCUT2D eigenvalue weighted by molar-refractivity contribution is 7.00. The van der Waals surface area contributed by atoms with Crippen LogP contribution < -0.4 is 0 Å². The topological polar surface area (TPSA) is 60.4 Å². The van der Waals surface area contributed by atoms with Gasteiger partial charge in [0.1, 0.15) is 5.92 Å². The molecule has 0 heterocycles. The van der Waals surface area contributed by atoms with Gasteiger partial charge < -0.3 is 9.30 Å². The Balaban J connectivity index is 0.00000298. The largest absolute Gasteiger partial charge is 0.465 e. The maximum atomic E-state index is 13.6. The summed E-state index contributed by atoms with van der Waals surface area (Å²) in [7, 11) is 0.611. The molecule has 1 aliphatic carbocycles. The summed E-state index contributed by atoms with van der Waals surface area (Å²) in [6.07, 6.45) is 17.8. The van der Waals surface area contributed by atoms with E-state index in [2.05, 4.69) is 6.92 Å². The predicted molar refractivity (Wildman–Crippen MR) is 150 cm³/mol. The van der Waals surface area contributed by atoms with Gasteiger partial charge in [0.15, 0.2) is 5.78 Å². The van der Waals surface area contributed by atoms with Crippen molar-refractivity contribution < 1.29 is 18.9 Å². The molecule has 200 valence electrons. The molecule has 0 bridgehead atoms. The molecule has 1 aliphatic rings. The number of benzene rings is 1. The lowest BCUT2D eigenvalue weighted by Crippen LogP contribution is -2.35. The second-order valence-electron chi connectivity index (χ2n) is 10.4. The van der Waals surface area contributed by atoms with E-state index < -0.39 is 5.92 Å². The lowest BCUT2D eigenvalue weighted by Gasteiger charge is -2.28. The molecule has 0 aromatic heterocycles. The van der Waals surface area contributed by atoms with Crippen LogP contribution in [0.1, 0.15) is 130 Å². The Bertz CT molecular complexity index is 732. The standard InChI is InChI=1S/C30H48O3.H3OP/c1-5-6-7-8-9-10-11-12-13-17-20-33-30(32)28(26-18-15-14-16-19-26)29(31)27-24(3)21-23(2)22-25(27)4;1-2/h21-22,26,28H,5-20H2,1-4H3;2H3. The van der Waals surface area contributed by atoms with E-state index in [1.165, 1.54) is 57.8 Å². The Hall–Kier alpha value is -1.41. The zero-order chi connectivity index (χ0) is 26.1. The van der Waals surface area contributed by atoms with Gasteiger partial charge in [-0.3, -0.25) is 9.59 Å². The van der Waals surface area contributed by atoms with Gasteiger partial charge in [-0.1, -0.05) is 102 Å². The molecule has 1 fully saturated rings. The summed E-state index contributed by atoms with van der Waals surface area (Å²) in [5, 5.41) is 0. The molecule has 0 N–H and O–H groups in total. The van der Waals surface area contributed by atoms with Crippen molar-refractivity contribution in [3.63, 3.8) is 0 Å². The number of hydrogen-bond donors (Lipinski definition) is 0. The number of hydrogen-bond acceptors (Lipinski definition) is 4. The minimum absolute atomic E-state index is 0.0232. The van der Waals surface area contributed by atoms with E-state index in [1.807, 2.05) is 32.9 Å². The Morgan fingerprint density at radius 2 is 1.31 bits per heavy atom. The second kappa shape index (κ2) is 18.8. The van der Waals surface area contributed by atoms with Crippen molar-refractivity contribution >= 4 is 20.9 Å². The van der Waals surface area contributed by atoms with Crippen LogP contribution in [0.3, 0.4) is 0 Å². The number of carbonyl (C=O) groups excluding carboxylic acids is 2. The number of esters is 1. The third kappa shape index (κ3) is 11.5. The second-order valence-corrected chi connectivity index (χ2v) is 10.4. The number of rotatable bonds is 15. The van der Waals surface area contributed by atoms with Crippen LogP contribution in [-0.2, 0) is 14.1 Å². The first-order valence-electron chi connectivity index (χ1n) is 14.0. The molecule has 0 spiro atoms. The third-order valence-corrected chi connectivity index (χ3v) is 7.32. The van der Waals surface area contributed by atoms with Crippen LogP contribution in [0.2, 0.25) is 0 Å². The monoisotopic (exact) mass is 506 g/mol. The van der Waals surface area contributed by atoms with Crippen LogP contribution in [0, 0.1) is 32.6 Å². The van der Waals surface area contributed by atoms with Gasteiger partial charge in [-0.2, -0.15) is 0 Å². The van der Waals surface area contributed by atoms with E-state index >= 15 is 0 Å². The van der Waals surface area contributed by atoms with E-state index in [4.69, 9.17) is 9.30 Å². The first-order chi connectivity index (χ1) is 17.0. The Kier molecular flexibility index (Phi) is 17.0. The van der Waals surface area contributed by atoms with Crippen LogP contribution in [0.4, 0.5) is 0 Å². The zero-order valence-corrected chi connectivity index (χ0v) is 24.4. The molecular weight excluding hydrogens is 455 g/mol. The van der Waals surface area contributed by atoms with E-state index in [9.17, 15) is 9.59 Å². The van der Waals surface area contributed by atoms with Gasteiger partial charge in [0.25, 0.3) is 0 Å². The molecule has 0 saturated heterocycles. The van der Waals surface area contributed by atoms with Gasteiger partial charge in [0.05, 0.1) is 15.7 Å². The van der Waals surface area contributed by atoms with Crippen molar-refractivity contribution in [2.75, 3.05) is 6.61 Å². The van der Waals surface area contributed by atoms with Crippen LogP contribution in [0.5, 0.6) is 0 Å². The highest BCUT2D eigenvalue weighted by Crippen LogP contribution is 2.34. The first-order valence-corrected chi connectivity index (χ1v) is 14.6. The van der Waals surface area contributed by atoms with Gasteiger partial charge in [-0.25, -0.2) is 0 Å². The highest BCUT2D eigenvalue weighted by atomic mass is 31.0. The van der Waals surface area contributed by atoms with E-state index in [-0.39, 0.29) is 17.7 Å². The summed E-state index contributed by atoms with van der Waals surface area (Å²) in [5.74, 6) is -0.840. The molecule has 4 nitrogen and oxygen atoms in total. The molecular formula is C30H51O4P. The molecule has 5 heteroatoms. The summed E-state index contributed by atoms with van der Waals surface area (Å²) < 4.78 is 14.0. The molecule has 35 heavy (non-hydrogen) atoms. The van der Waals surface area contributed by atoms with Crippen LogP contribution in [-0.4, -0.2) is 18.4 Å². The Labute approximate surface area is 216 Å². The Morgan fingerprint density at radius 1 is 0.829 bits per heavy atom. The normalized spacial score (nSPS) is 14.7. The van der Waals surface area contributed by atoms with Crippen molar-refractivity contribution in [1.82, 2.24) is 0 Å². The number of carbonyl (C=O) groups is 2. The van der Waals surface area contributed by atoms with Gasteiger partial charge in [-0.05, 0) is 57.1 Å². The third-order valence-electron chi connectivity index (χ3n) is 7.32. The molecule has 1 saturated carbocycles. The van der Waals surface area contributed by atoms with E-state index in [1.54, 1.807) is 0 Å². The van der Waals surface area contributed by atoms with Crippen molar-refractivity contribution in [3.05, 3.63) is 34.4 Å². The number of Topliss-reactive ketones (excluding diaryl/α,β-unsaturated/α-hetero) is 1. The minimum Gasteiger partial charge on any atom is -0.465 e. The molecule has 0 amide bonds. The maximum absolute atomic E-state index is 13.6. The van der Waals surface area contributed by atoms with Gasteiger partial charge in [-0.15, -0.1) is 0 Å². The average Bonchev–Trinajstić information content (AvgIpc) is 2.84. The van der Waals surface area contributed by atoms with Crippen molar-refractivity contribution in [3.8, 4) is 0 Å². The predicted octanol–water partition coefficient (Wildman–Crippen LogP) is 8.39. The summed E-state index contributed by atoms with van der Waals surface area (Å²) >= 11 is 0. The first kappa shape index (κ1) is 31.6. The minimum atomic E-state index is -0.645. The lowest BCUT2D eigenvalue weighted by atomic mass is 9.75. The van der Waals surface area contributed by atoms with Gasteiger partial charge in [0, 0.05) is 5.56 Å². The van der Waals surface area contributed by atoms with Gasteiger partial charge in [0.2, 0.25) is 0 Å². The number of unbranched alkanes of at least 4 members (excludes halogenated alkanes) is 9. The smallest absolute Gasteiger partial charge is 0.317 e. The fourth-order valence-corrected chi connectivity index (χ4v) is 5.56. The average molecular weight is 507 g/mol. The number of ether oxygens (including phenoxy) is 1. The van der Waals surface area contributed by atoms with Crippen molar-refractivity contribution in [1.29, 1.82) is 0 Å². The molecule has 2 unspecified atom stereocenters. The van der Waals surface area contributed by atoms with Crippen molar-refractivity contribution in [2.24, 2.45) is 11.8 Å². The fraction of sp³-hybridized carbons (Fsp3) is 0.733. The van der Waals surface area contributed by atoms with E-state index in [0.717, 1.165) is 60.8 Å². The number of aryl methyl sites for hydroxylation is 3. The quantitative estimate of drug-likeness (QED) is 0.0788. The van der Waals surface area contributed by atoms with Crippen molar-refractivity contribution in [2.45, 2.75) is 124 Å². The summed E-state index contributed by atoms with van der Waals surface area (Å²) in [4.78, 5) is 26.8. The van der Waals surface area contributed by atoms with Gasteiger partial charge >= 0.3 is 5.97 Å². The molecule has 1 aromatic rings. The summed E-state index contributed by atoms with van der Waals surface area (Å²) in [5.41, 5.74) is 3.83. The molecule has 0 aliphatic heterocycles. The fourth-order valence-electron chi connectivity index (χ4n) is 5.56. The van der Waals surface area contributed by atoms with E-state index in [0.29, 0.717) is 15.7 Å². The maximum Gasteiger partial charge on any atom is 0.317 e. The molecule has 1 aromatic carbocycles. The van der Waals surface area contributed by atoms with Crippen LogP contribution in [0.25, 0.3) is 0 Å². The molecule has 2 rings (SSSR count). The molecule has 0 radical (unpaired) electrons. The Morgan fingerprint density at radius 3 is 1.83 bits per heavy atom. The molecule has 2 atom stereocenters.